The fourth-order valence-electron chi connectivity index (χ4n) is 3.55. The van der Waals surface area contributed by atoms with Crippen molar-refractivity contribution in [2.45, 2.75) is 0 Å². The fraction of sp³-hybridized carbons (Fsp3) is 0.0417. The van der Waals surface area contributed by atoms with Gasteiger partial charge in [0.1, 0.15) is 11.6 Å². The van der Waals surface area contributed by atoms with Gasteiger partial charge in [-0.15, -0.1) is 0 Å². The lowest BCUT2D eigenvalue weighted by Gasteiger charge is -2.07. The molecule has 0 fully saturated rings. The van der Waals surface area contributed by atoms with Crippen LogP contribution in [0.25, 0.3) is 27.5 Å². The number of amides is 1. The molecule has 0 aliphatic heterocycles. The highest BCUT2D eigenvalue weighted by Crippen LogP contribution is 2.23. The van der Waals surface area contributed by atoms with Gasteiger partial charge in [0.25, 0.3) is 11.5 Å². The van der Waals surface area contributed by atoms with E-state index in [1.807, 2.05) is 0 Å². The number of ether oxygens (including phenoxy) is 1. The third-order valence-electron chi connectivity index (χ3n) is 5.22. The quantitative estimate of drug-likeness (QED) is 0.448. The summed E-state index contributed by atoms with van der Waals surface area (Å²) in [6.45, 7) is 0. The summed E-state index contributed by atoms with van der Waals surface area (Å²) >= 11 is 0. The van der Waals surface area contributed by atoms with E-state index in [0.29, 0.717) is 44.5 Å². The molecule has 0 aliphatic rings. The number of anilines is 1. The average Bonchev–Trinajstić information content (AvgIpc) is 3.16. The molecule has 0 saturated heterocycles. The van der Waals surface area contributed by atoms with Crippen LogP contribution in [0.4, 0.5) is 10.1 Å². The number of fused-ring (bicyclic) bond motifs is 3. The summed E-state index contributed by atoms with van der Waals surface area (Å²) in [6.07, 6.45) is 1.49. The number of rotatable bonds is 4. The Morgan fingerprint density at radius 3 is 2.50 bits per heavy atom. The van der Waals surface area contributed by atoms with Gasteiger partial charge in [-0.25, -0.2) is 9.07 Å². The molecule has 8 heteroatoms. The maximum atomic E-state index is 13.3. The second kappa shape index (κ2) is 7.66. The van der Waals surface area contributed by atoms with Crippen molar-refractivity contribution in [3.05, 3.63) is 94.7 Å². The normalized spacial score (nSPS) is 11.1. The molecule has 0 spiro atoms. The molecular weight excluding hydrogens is 411 g/mol. The molecule has 2 heterocycles. The van der Waals surface area contributed by atoms with Crippen molar-refractivity contribution in [2.24, 2.45) is 0 Å². The zero-order valence-corrected chi connectivity index (χ0v) is 16.9. The second-order valence-corrected chi connectivity index (χ2v) is 7.19. The first kappa shape index (κ1) is 19.5. The van der Waals surface area contributed by atoms with Crippen LogP contribution in [0.2, 0.25) is 0 Å². The fourth-order valence-corrected chi connectivity index (χ4v) is 3.55. The minimum Gasteiger partial charge on any atom is -0.497 e. The number of hydrogen-bond donors (Lipinski definition) is 2. The summed E-state index contributed by atoms with van der Waals surface area (Å²) in [4.78, 5) is 30.0. The SMILES string of the molecule is COc1ccc(NC(=O)c2ccc3ncc4c(=O)n(-c5ccc(F)cc5)[nH]c4c3c2)cc1. The van der Waals surface area contributed by atoms with Crippen LogP contribution < -0.4 is 15.6 Å². The topological polar surface area (TPSA) is 89.0 Å². The molecule has 32 heavy (non-hydrogen) atoms. The van der Waals surface area contributed by atoms with Gasteiger partial charge in [-0.1, -0.05) is 0 Å². The minimum absolute atomic E-state index is 0.297. The number of H-pyrrole nitrogens is 1. The van der Waals surface area contributed by atoms with Crippen molar-refractivity contribution in [1.29, 1.82) is 0 Å². The van der Waals surface area contributed by atoms with Gasteiger partial charge in [-0.3, -0.25) is 19.7 Å². The van der Waals surface area contributed by atoms with Crippen LogP contribution in [0.3, 0.4) is 0 Å². The van der Waals surface area contributed by atoms with E-state index in [2.05, 4.69) is 15.4 Å². The Labute approximate surface area is 181 Å². The lowest BCUT2D eigenvalue weighted by molar-refractivity contribution is 0.102. The van der Waals surface area contributed by atoms with Gasteiger partial charge in [0.05, 0.1) is 29.2 Å². The average molecular weight is 428 g/mol. The van der Waals surface area contributed by atoms with Crippen LogP contribution in [-0.4, -0.2) is 27.8 Å². The van der Waals surface area contributed by atoms with Crippen molar-refractivity contribution < 1.29 is 13.9 Å². The lowest BCUT2D eigenvalue weighted by Crippen LogP contribution is -2.14. The smallest absolute Gasteiger partial charge is 0.280 e. The van der Waals surface area contributed by atoms with E-state index in [9.17, 15) is 14.0 Å². The van der Waals surface area contributed by atoms with Gasteiger partial charge < -0.3 is 10.1 Å². The summed E-state index contributed by atoms with van der Waals surface area (Å²) in [5, 5.41) is 6.91. The molecule has 158 valence electrons. The molecule has 0 bridgehead atoms. The van der Waals surface area contributed by atoms with Crippen LogP contribution >= 0.6 is 0 Å². The van der Waals surface area contributed by atoms with Crippen LogP contribution in [-0.2, 0) is 0 Å². The van der Waals surface area contributed by atoms with Crippen LogP contribution in [0, 0.1) is 5.82 Å². The van der Waals surface area contributed by atoms with E-state index >= 15 is 0 Å². The molecule has 7 nitrogen and oxygen atoms in total. The molecule has 3 aromatic carbocycles. The number of nitrogens with zero attached hydrogens (tertiary/aromatic N) is 2. The number of carbonyl (C=O) groups is 1. The van der Waals surface area contributed by atoms with Crippen molar-refractivity contribution in [2.75, 3.05) is 12.4 Å². The Bertz CT molecular complexity index is 1520. The monoisotopic (exact) mass is 428 g/mol. The number of pyridine rings is 1. The molecule has 2 aromatic heterocycles. The maximum Gasteiger partial charge on any atom is 0.280 e. The van der Waals surface area contributed by atoms with Crippen molar-refractivity contribution >= 4 is 33.4 Å². The van der Waals surface area contributed by atoms with E-state index in [1.165, 1.54) is 35.1 Å². The number of halogens is 1. The van der Waals surface area contributed by atoms with E-state index < -0.39 is 5.82 Å². The first-order chi connectivity index (χ1) is 15.5. The largest absolute Gasteiger partial charge is 0.497 e. The predicted molar refractivity (Wildman–Crippen MR) is 120 cm³/mol. The molecule has 0 saturated carbocycles. The van der Waals surface area contributed by atoms with E-state index in [4.69, 9.17) is 4.74 Å². The number of aromatic amines is 1. The van der Waals surface area contributed by atoms with E-state index in [-0.39, 0.29) is 11.5 Å². The number of nitrogens with one attached hydrogen (secondary N) is 2. The molecule has 0 radical (unpaired) electrons. The van der Waals surface area contributed by atoms with Crippen molar-refractivity contribution in [1.82, 2.24) is 14.8 Å². The summed E-state index contributed by atoms with van der Waals surface area (Å²) in [5.41, 5.74) is 2.40. The van der Waals surface area contributed by atoms with Gasteiger partial charge >= 0.3 is 0 Å². The molecule has 5 aromatic rings. The molecule has 2 N–H and O–H groups in total. The van der Waals surface area contributed by atoms with Gasteiger partial charge in [0.2, 0.25) is 0 Å². The molecule has 0 atom stereocenters. The predicted octanol–water partition coefficient (Wildman–Crippen LogP) is 4.27. The van der Waals surface area contributed by atoms with Crippen LogP contribution in [0.5, 0.6) is 5.75 Å². The van der Waals surface area contributed by atoms with Crippen molar-refractivity contribution in [3.8, 4) is 11.4 Å². The summed E-state index contributed by atoms with van der Waals surface area (Å²) in [5.74, 6) is 0.00344. The van der Waals surface area contributed by atoms with Gasteiger partial charge in [0.15, 0.2) is 0 Å². The minimum atomic E-state index is -0.391. The highest BCUT2D eigenvalue weighted by atomic mass is 19.1. The number of benzene rings is 3. The molecule has 5 rings (SSSR count). The van der Waals surface area contributed by atoms with Crippen LogP contribution in [0.1, 0.15) is 10.4 Å². The maximum absolute atomic E-state index is 13.3. The first-order valence-corrected chi connectivity index (χ1v) is 9.78. The van der Waals surface area contributed by atoms with Gasteiger partial charge in [-0.2, -0.15) is 0 Å². The molecule has 0 aliphatic carbocycles. The van der Waals surface area contributed by atoms with E-state index in [1.54, 1.807) is 49.6 Å². The first-order valence-electron chi connectivity index (χ1n) is 9.78. The standard InChI is InChI=1S/C24H17FN4O3/c1-32-18-9-5-16(6-10-18)27-23(30)14-2-11-21-19(12-14)22-20(13-26-21)24(31)29(28-22)17-7-3-15(25)4-8-17/h2-13,28H,1H3,(H,27,30). The molecular formula is C24H17FN4O3. The highest BCUT2D eigenvalue weighted by Gasteiger charge is 2.14. The summed E-state index contributed by atoms with van der Waals surface area (Å²) in [6, 6.07) is 17.7. The van der Waals surface area contributed by atoms with Gasteiger partial charge in [0, 0.05) is 22.8 Å². The lowest BCUT2D eigenvalue weighted by atomic mass is 10.1. The summed E-state index contributed by atoms with van der Waals surface area (Å²) in [7, 11) is 1.57. The third-order valence-corrected chi connectivity index (χ3v) is 5.22. The van der Waals surface area contributed by atoms with Crippen molar-refractivity contribution in [3.63, 3.8) is 0 Å². The number of methoxy groups -OCH3 is 1. The Morgan fingerprint density at radius 2 is 1.78 bits per heavy atom. The Morgan fingerprint density at radius 1 is 1.03 bits per heavy atom. The van der Waals surface area contributed by atoms with Crippen LogP contribution in [0.15, 0.2) is 77.7 Å². The Hall–Kier alpha value is -4.46. The summed E-state index contributed by atoms with van der Waals surface area (Å²) < 4.78 is 19.7. The Kier molecular flexibility index (Phi) is 4.67. The second-order valence-electron chi connectivity index (χ2n) is 7.19. The van der Waals surface area contributed by atoms with E-state index in [0.717, 1.165) is 0 Å². The number of carbonyl (C=O) groups excluding carboxylic acids is 1. The van der Waals surface area contributed by atoms with Gasteiger partial charge in [-0.05, 0) is 66.7 Å². The zero-order valence-electron chi connectivity index (χ0n) is 16.9. The number of hydrogen-bond acceptors (Lipinski definition) is 4. The molecule has 1 amide bonds. The highest BCUT2D eigenvalue weighted by molar-refractivity contribution is 6.10. The Balaban J connectivity index is 1.56. The third kappa shape index (κ3) is 3.37. The zero-order chi connectivity index (χ0) is 22.2. The number of aromatic nitrogens is 3. The molecule has 0 unspecified atom stereocenters.